The maximum Gasteiger partial charge on any atom is 0.251 e. The molecule has 266 valence electrons. The predicted octanol–water partition coefficient (Wildman–Crippen LogP) is 7.02. The van der Waals surface area contributed by atoms with Gasteiger partial charge in [-0.3, -0.25) is 9.69 Å². The summed E-state index contributed by atoms with van der Waals surface area (Å²) in [6.45, 7) is 15.8. The van der Waals surface area contributed by atoms with Gasteiger partial charge in [0.05, 0.1) is 0 Å². The van der Waals surface area contributed by atoms with Crippen molar-refractivity contribution in [3.63, 3.8) is 0 Å². The first-order valence-electron chi connectivity index (χ1n) is 18.1. The second kappa shape index (κ2) is 17.6. The molecule has 9 heteroatoms. The number of nitrogens with one attached hydrogen (secondary N) is 5. The molecule has 1 aliphatic rings. The number of carbonyl (C=O) groups excluding carboxylic acids is 1. The Morgan fingerprint density at radius 3 is 2.52 bits per heavy atom. The number of carbonyl (C=O) groups is 1. The molecular formula is C41H54FN7O. The van der Waals surface area contributed by atoms with Crippen LogP contribution in [0, 0.1) is 12.7 Å². The fraction of sp³-hybridized carbons (Fsp3) is 0.415. The molecule has 1 aliphatic heterocycles. The molecule has 3 aromatic carbocycles. The molecule has 1 aromatic heterocycles. The van der Waals surface area contributed by atoms with E-state index in [-0.39, 0.29) is 11.7 Å². The van der Waals surface area contributed by atoms with Crippen molar-refractivity contribution < 1.29 is 9.18 Å². The quantitative estimate of drug-likeness (QED) is 0.0922. The van der Waals surface area contributed by atoms with Gasteiger partial charge >= 0.3 is 0 Å². The highest BCUT2D eigenvalue weighted by atomic mass is 19.1. The highest BCUT2D eigenvalue weighted by molar-refractivity contribution is 5.94. The maximum absolute atomic E-state index is 14.8. The van der Waals surface area contributed by atoms with Gasteiger partial charge < -0.3 is 26.6 Å². The number of piperazine rings is 1. The van der Waals surface area contributed by atoms with Crippen molar-refractivity contribution in [2.75, 3.05) is 37.3 Å². The molecule has 5 rings (SSSR count). The normalized spacial score (nSPS) is 15.5. The molecule has 2 atom stereocenters. The molecule has 0 radical (unpaired) electrons. The Labute approximate surface area is 297 Å². The fourth-order valence-electron chi connectivity index (χ4n) is 6.62. The molecule has 0 spiro atoms. The summed E-state index contributed by atoms with van der Waals surface area (Å²) >= 11 is 0. The number of rotatable bonds is 15. The molecule has 0 aliphatic carbocycles. The van der Waals surface area contributed by atoms with Gasteiger partial charge in [-0.1, -0.05) is 50.2 Å². The number of nitrogens with zero attached hydrogens (tertiary/aromatic N) is 2. The molecule has 2 unspecified atom stereocenters. The zero-order valence-corrected chi connectivity index (χ0v) is 30.6. The van der Waals surface area contributed by atoms with E-state index in [0.29, 0.717) is 49.4 Å². The van der Waals surface area contributed by atoms with Crippen molar-refractivity contribution >= 4 is 17.4 Å². The van der Waals surface area contributed by atoms with Crippen LogP contribution in [0.15, 0.2) is 66.7 Å². The predicted molar refractivity (Wildman–Crippen MR) is 204 cm³/mol. The number of halogens is 1. The van der Waals surface area contributed by atoms with E-state index in [1.807, 2.05) is 61.6 Å². The number of pyridine rings is 1. The number of amides is 1. The van der Waals surface area contributed by atoms with E-state index in [2.05, 4.69) is 72.2 Å². The molecule has 1 amide bonds. The molecule has 0 saturated carbocycles. The monoisotopic (exact) mass is 679 g/mol. The van der Waals surface area contributed by atoms with E-state index < -0.39 is 0 Å². The van der Waals surface area contributed by atoms with Crippen LogP contribution in [0.25, 0.3) is 11.1 Å². The fourth-order valence-corrected chi connectivity index (χ4v) is 6.62. The molecule has 50 heavy (non-hydrogen) atoms. The Balaban J connectivity index is 1.21. The average Bonchev–Trinajstić information content (AvgIpc) is 3.13. The first kappa shape index (κ1) is 37.0. The van der Waals surface area contributed by atoms with Crippen molar-refractivity contribution in [2.45, 2.75) is 85.7 Å². The third-order valence-corrected chi connectivity index (χ3v) is 9.63. The zero-order valence-electron chi connectivity index (χ0n) is 30.6. The molecular weight excluding hydrogens is 625 g/mol. The zero-order chi connectivity index (χ0) is 35.6. The SMILES string of the molecule is CCc1nc(NC)c(C)c(NC(C)CC)c1CNCc1cccc(C(=O)NCc2cccc(-c3ccc(F)c(CN4CCNC(C)C4)c3)c2)c1. The first-order valence-corrected chi connectivity index (χ1v) is 18.1. The number of benzene rings is 3. The lowest BCUT2D eigenvalue weighted by Crippen LogP contribution is -2.48. The molecule has 1 saturated heterocycles. The van der Waals surface area contributed by atoms with Crippen LogP contribution in [0.5, 0.6) is 0 Å². The van der Waals surface area contributed by atoms with Gasteiger partial charge in [0.1, 0.15) is 11.6 Å². The van der Waals surface area contributed by atoms with Crippen molar-refractivity contribution in [3.8, 4) is 11.1 Å². The summed E-state index contributed by atoms with van der Waals surface area (Å²) in [4.78, 5) is 20.5. The second-order valence-electron chi connectivity index (χ2n) is 13.5. The largest absolute Gasteiger partial charge is 0.382 e. The summed E-state index contributed by atoms with van der Waals surface area (Å²) in [6.07, 6.45) is 1.86. The van der Waals surface area contributed by atoms with E-state index in [0.717, 1.165) is 77.5 Å². The minimum atomic E-state index is -0.176. The van der Waals surface area contributed by atoms with Gasteiger partial charge in [-0.05, 0) is 86.2 Å². The molecule has 4 aromatic rings. The topological polar surface area (TPSA) is 93.4 Å². The van der Waals surface area contributed by atoms with Gasteiger partial charge in [-0.25, -0.2) is 9.37 Å². The van der Waals surface area contributed by atoms with Crippen LogP contribution in [-0.4, -0.2) is 54.6 Å². The Hall–Kier alpha value is -4.31. The van der Waals surface area contributed by atoms with Crippen molar-refractivity contribution in [3.05, 3.63) is 112 Å². The Kier molecular flexibility index (Phi) is 13.0. The standard InChI is InChI=1S/C41H54FN7O/c1-7-27(3)47-39-29(5)40(43-6)48-38(8-2)36(39)24-44-22-30-11-10-14-34(20-30)41(50)46-23-31-12-9-13-32(19-31)33-15-16-37(42)35(21-33)26-49-18-17-45-28(4)25-49/h9-16,19-21,27-28,44-45H,7-8,17-18,22-26H2,1-6H3,(H,46,50)(H2,43,47,48). The molecule has 8 nitrogen and oxygen atoms in total. The number of hydrogen-bond donors (Lipinski definition) is 5. The summed E-state index contributed by atoms with van der Waals surface area (Å²) in [6, 6.07) is 22.0. The molecule has 5 N–H and O–H groups in total. The van der Waals surface area contributed by atoms with Crippen LogP contribution >= 0.6 is 0 Å². The summed E-state index contributed by atoms with van der Waals surface area (Å²) in [5.41, 5.74) is 9.83. The number of aryl methyl sites for hydroxylation is 1. The Morgan fingerprint density at radius 1 is 1.02 bits per heavy atom. The Morgan fingerprint density at radius 2 is 1.78 bits per heavy atom. The summed E-state index contributed by atoms with van der Waals surface area (Å²) in [5, 5.41) is 17.1. The third kappa shape index (κ3) is 9.47. The van der Waals surface area contributed by atoms with E-state index in [1.54, 1.807) is 6.07 Å². The van der Waals surface area contributed by atoms with Gasteiger partial charge in [0, 0.05) is 98.6 Å². The van der Waals surface area contributed by atoms with E-state index in [4.69, 9.17) is 4.98 Å². The lowest BCUT2D eigenvalue weighted by atomic mass is 10.00. The van der Waals surface area contributed by atoms with Gasteiger partial charge in [-0.15, -0.1) is 0 Å². The lowest BCUT2D eigenvalue weighted by molar-refractivity contribution is 0.0950. The summed E-state index contributed by atoms with van der Waals surface area (Å²) < 4.78 is 14.8. The minimum Gasteiger partial charge on any atom is -0.382 e. The van der Waals surface area contributed by atoms with Gasteiger partial charge in [0.2, 0.25) is 0 Å². The highest BCUT2D eigenvalue weighted by Crippen LogP contribution is 2.30. The number of anilines is 2. The average molecular weight is 680 g/mol. The maximum atomic E-state index is 14.8. The van der Waals surface area contributed by atoms with Gasteiger partial charge in [-0.2, -0.15) is 0 Å². The minimum absolute atomic E-state index is 0.123. The first-order chi connectivity index (χ1) is 24.2. The molecule has 1 fully saturated rings. The second-order valence-corrected chi connectivity index (χ2v) is 13.5. The van der Waals surface area contributed by atoms with Crippen LogP contribution < -0.4 is 26.6 Å². The van der Waals surface area contributed by atoms with E-state index in [9.17, 15) is 9.18 Å². The van der Waals surface area contributed by atoms with Crippen LogP contribution in [0.1, 0.15) is 78.0 Å². The lowest BCUT2D eigenvalue weighted by Gasteiger charge is -2.32. The smallest absolute Gasteiger partial charge is 0.251 e. The van der Waals surface area contributed by atoms with Crippen LogP contribution in [0.3, 0.4) is 0 Å². The van der Waals surface area contributed by atoms with Crippen molar-refractivity contribution in [1.82, 2.24) is 25.8 Å². The number of aromatic nitrogens is 1. The van der Waals surface area contributed by atoms with Gasteiger partial charge in [0.25, 0.3) is 5.91 Å². The van der Waals surface area contributed by atoms with Crippen LogP contribution in [0.2, 0.25) is 0 Å². The highest BCUT2D eigenvalue weighted by Gasteiger charge is 2.19. The van der Waals surface area contributed by atoms with E-state index >= 15 is 0 Å². The van der Waals surface area contributed by atoms with Crippen LogP contribution in [0.4, 0.5) is 15.9 Å². The third-order valence-electron chi connectivity index (χ3n) is 9.63. The van der Waals surface area contributed by atoms with E-state index in [1.165, 1.54) is 5.56 Å². The van der Waals surface area contributed by atoms with Crippen LogP contribution in [-0.2, 0) is 32.6 Å². The number of hydrogen-bond acceptors (Lipinski definition) is 7. The summed E-state index contributed by atoms with van der Waals surface area (Å²) in [5.74, 6) is 0.606. The molecule has 2 heterocycles. The Bertz CT molecular complexity index is 1760. The van der Waals surface area contributed by atoms with Gasteiger partial charge in [0.15, 0.2) is 0 Å². The summed E-state index contributed by atoms with van der Waals surface area (Å²) in [7, 11) is 1.92. The van der Waals surface area contributed by atoms with Crippen molar-refractivity contribution in [2.24, 2.45) is 0 Å². The van der Waals surface area contributed by atoms with Crippen molar-refractivity contribution in [1.29, 1.82) is 0 Å². The molecule has 0 bridgehead atoms.